The van der Waals surface area contributed by atoms with E-state index in [9.17, 15) is 15.0 Å². The summed E-state index contributed by atoms with van der Waals surface area (Å²) in [6.45, 7) is 16.6. The fraction of sp³-hybridized carbons (Fsp3) is 0.432. The van der Waals surface area contributed by atoms with Crippen LogP contribution in [0.3, 0.4) is 0 Å². The molecule has 2 unspecified atom stereocenters. The summed E-state index contributed by atoms with van der Waals surface area (Å²) in [5, 5.41) is 30.2. The minimum atomic E-state index is -1.03. The Balaban J connectivity index is 0.00000433. The van der Waals surface area contributed by atoms with E-state index in [4.69, 9.17) is 29.7 Å². The summed E-state index contributed by atoms with van der Waals surface area (Å²) in [6.07, 6.45) is 8.68. The number of carbonyl (C=O) groups is 1. The third-order valence-corrected chi connectivity index (χ3v) is 10.1. The van der Waals surface area contributed by atoms with Crippen LogP contribution in [0, 0.1) is 38.5 Å². The number of ether oxygens (including phenoxy) is 2. The van der Waals surface area contributed by atoms with E-state index in [1.807, 2.05) is 45.1 Å². The Kier molecular flexibility index (Phi) is 10.1. The smallest absolute Gasteiger partial charge is 0.681 e. The second-order valence-corrected chi connectivity index (χ2v) is 12.5. The van der Waals surface area contributed by atoms with Crippen molar-refractivity contribution in [3.8, 4) is 0 Å². The Hall–Kier alpha value is -3.44. The molecule has 0 aromatic carbocycles. The van der Waals surface area contributed by atoms with Gasteiger partial charge in [-0.3, -0.25) is 4.79 Å². The molecule has 5 heterocycles. The van der Waals surface area contributed by atoms with Gasteiger partial charge in [0.15, 0.2) is 6.29 Å². The molecule has 3 aromatic rings. The predicted octanol–water partition coefficient (Wildman–Crippen LogP) is 2.08. The molecular formula is C37H42MgN4O5-2. The van der Waals surface area contributed by atoms with Crippen molar-refractivity contribution < 1.29 is 24.5 Å². The molecule has 1 saturated heterocycles. The van der Waals surface area contributed by atoms with Crippen molar-refractivity contribution in [2.24, 2.45) is 17.8 Å². The van der Waals surface area contributed by atoms with E-state index in [1.165, 1.54) is 7.11 Å². The molecule has 1 aliphatic carbocycles. The molecule has 5 atom stereocenters. The summed E-state index contributed by atoms with van der Waals surface area (Å²) in [5.74, 6) is -1.83. The van der Waals surface area contributed by atoms with E-state index in [0.717, 1.165) is 62.0 Å². The van der Waals surface area contributed by atoms with Crippen molar-refractivity contribution in [2.45, 2.75) is 73.1 Å². The molecule has 10 heteroatoms. The first-order valence-corrected chi connectivity index (χ1v) is 16.1. The maximum absolute atomic E-state index is 13.4. The summed E-state index contributed by atoms with van der Waals surface area (Å²) in [5.41, 5.74) is 8.62. The first-order valence-electron chi connectivity index (χ1n) is 16.1. The molecule has 6 rings (SSSR count). The van der Waals surface area contributed by atoms with Crippen molar-refractivity contribution in [1.82, 2.24) is 15.0 Å². The molecule has 244 valence electrons. The number of aliphatic hydroxyl groups is 2. The van der Waals surface area contributed by atoms with Crippen LogP contribution in [-0.2, 0) is 20.7 Å². The second-order valence-electron chi connectivity index (χ2n) is 12.5. The van der Waals surface area contributed by atoms with Gasteiger partial charge in [-0.1, -0.05) is 78.6 Å². The Morgan fingerprint density at radius 2 is 1.72 bits per heavy atom. The summed E-state index contributed by atoms with van der Waals surface area (Å²) >= 11 is 0. The van der Waals surface area contributed by atoms with Gasteiger partial charge in [0, 0.05) is 11.8 Å². The zero-order valence-electron chi connectivity index (χ0n) is 28.3. The van der Waals surface area contributed by atoms with Crippen LogP contribution in [0.5, 0.6) is 0 Å². The molecule has 0 saturated carbocycles. The molecule has 0 amide bonds. The Morgan fingerprint density at radius 1 is 1.02 bits per heavy atom. The summed E-state index contributed by atoms with van der Waals surface area (Å²) in [7, 11) is 1.33. The standard InChI is InChI=1S/C37H42N4O5.Mg/c1-9-21-17(4)24-14-26-19(6)23(12-13-30(42)46-11-3)34(40-26)32-33(37(44)45-8)36(43)31-20(7)27(41-35(31)32)16-29-22(10-2)18(5)25(39-29)15-28(21)38-24;/h9,14-16,19,23,30,33-34,42-43H,1,10-13H2,2-8H3;/q-4;+2/b25-15-,26-14-,29-16-;/t19-,23-,30?,33+,34?;/m0./s1. The van der Waals surface area contributed by atoms with Gasteiger partial charge in [-0.05, 0) is 64.4 Å². The van der Waals surface area contributed by atoms with E-state index in [0.29, 0.717) is 41.3 Å². The molecule has 8 bridgehead atoms. The maximum atomic E-state index is 13.4. The number of allylic oxidation sites excluding steroid dienone is 1. The van der Waals surface area contributed by atoms with Crippen molar-refractivity contribution >= 4 is 64.7 Å². The van der Waals surface area contributed by atoms with Crippen molar-refractivity contribution in [3.63, 3.8) is 0 Å². The van der Waals surface area contributed by atoms with Crippen LogP contribution in [-0.4, -0.2) is 65.3 Å². The van der Waals surface area contributed by atoms with Gasteiger partial charge in [-0.15, -0.1) is 33.1 Å². The van der Waals surface area contributed by atoms with Gasteiger partial charge in [0.05, 0.1) is 7.11 Å². The van der Waals surface area contributed by atoms with Gasteiger partial charge in [0.1, 0.15) is 11.7 Å². The first kappa shape index (κ1) is 34.9. The molecule has 2 aliphatic heterocycles. The minimum absolute atomic E-state index is 0. The van der Waals surface area contributed by atoms with Crippen LogP contribution < -0.4 is 36.2 Å². The molecule has 3 aromatic heterocycles. The number of rotatable bonds is 8. The largest absolute Gasteiger partial charge is 2.00 e. The van der Waals surface area contributed by atoms with E-state index < -0.39 is 24.2 Å². The summed E-state index contributed by atoms with van der Waals surface area (Å²) in [4.78, 5) is 28.5. The first-order chi connectivity index (χ1) is 22.0. The van der Waals surface area contributed by atoms with Gasteiger partial charge >= 0.3 is 29.0 Å². The van der Waals surface area contributed by atoms with Crippen molar-refractivity contribution in [2.75, 3.05) is 13.7 Å². The van der Waals surface area contributed by atoms with Crippen LogP contribution in [0.4, 0.5) is 0 Å². The molecule has 1 fully saturated rings. The van der Waals surface area contributed by atoms with Gasteiger partial charge < -0.3 is 40.0 Å². The SMILES string of the molecule is C=Cc1c2[n-]c(c1C)/C=C1\[N-]C(C3=c4[n-]c(c(C)c4=C(O)[C@@H]3C(=O)OC)/C=c3\[n-]/c(c(C)c3CC)=C\2)[C@@H](CCC(O)OCC)[C@@H]1C.[Mg+2]. The number of fused-ring (bicyclic) bond motifs is 8. The average molecular weight is 647 g/mol. The van der Waals surface area contributed by atoms with Crippen LogP contribution in [0.2, 0.25) is 0 Å². The third kappa shape index (κ3) is 5.73. The topological polar surface area (TPSA) is 132 Å². The maximum Gasteiger partial charge on any atom is 2.00 e. The Morgan fingerprint density at radius 3 is 2.38 bits per heavy atom. The van der Waals surface area contributed by atoms with Crippen molar-refractivity contribution in [1.29, 1.82) is 0 Å². The fourth-order valence-corrected chi connectivity index (χ4v) is 7.52. The zero-order chi connectivity index (χ0) is 33.0. The molecule has 0 spiro atoms. The zero-order valence-corrected chi connectivity index (χ0v) is 29.8. The fourth-order valence-electron chi connectivity index (χ4n) is 7.52. The summed E-state index contributed by atoms with van der Waals surface area (Å²) < 4.78 is 10.7. The number of aromatic nitrogens is 3. The average Bonchev–Trinajstić information content (AvgIpc) is 3.77. The van der Waals surface area contributed by atoms with Crippen LogP contribution in [0.25, 0.3) is 41.0 Å². The predicted molar refractivity (Wildman–Crippen MR) is 184 cm³/mol. The normalized spacial score (nSPS) is 24.3. The number of hydrogen-bond acceptors (Lipinski definition) is 5. The molecule has 3 aliphatic rings. The number of carbonyl (C=O) groups excluding carboxylic acids is 1. The van der Waals surface area contributed by atoms with Gasteiger partial charge in [0.25, 0.3) is 0 Å². The van der Waals surface area contributed by atoms with Crippen molar-refractivity contribution in [3.05, 3.63) is 83.8 Å². The number of esters is 1. The number of nitrogens with zero attached hydrogens (tertiary/aromatic N) is 4. The Labute approximate surface area is 291 Å². The molecular weight excluding hydrogens is 605 g/mol. The number of aliphatic hydroxyl groups excluding tert-OH is 2. The molecule has 0 radical (unpaired) electrons. The molecule has 47 heavy (non-hydrogen) atoms. The van der Waals surface area contributed by atoms with Gasteiger partial charge in [-0.2, -0.15) is 5.70 Å². The van der Waals surface area contributed by atoms with E-state index in [1.54, 1.807) is 0 Å². The molecule has 9 nitrogen and oxygen atoms in total. The van der Waals surface area contributed by atoms with E-state index in [-0.39, 0.29) is 40.6 Å². The van der Waals surface area contributed by atoms with Gasteiger partial charge in [0.2, 0.25) is 0 Å². The summed E-state index contributed by atoms with van der Waals surface area (Å²) in [6, 6.07) is -0.505. The van der Waals surface area contributed by atoms with Crippen LogP contribution in [0.1, 0.15) is 78.5 Å². The number of hydrogen-bond donors (Lipinski definition) is 2. The Bertz CT molecular complexity index is 2010. The quantitative estimate of drug-likeness (QED) is 0.216. The number of methoxy groups -OCH3 is 1. The molecule has 2 N–H and O–H groups in total. The third-order valence-electron chi connectivity index (χ3n) is 10.1. The van der Waals surface area contributed by atoms with Crippen LogP contribution >= 0.6 is 0 Å². The van der Waals surface area contributed by atoms with Crippen LogP contribution in [0.15, 0.2) is 12.3 Å². The van der Waals surface area contributed by atoms with E-state index >= 15 is 0 Å². The van der Waals surface area contributed by atoms with Gasteiger partial charge in [-0.25, -0.2) is 0 Å². The monoisotopic (exact) mass is 646 g/mol. The van der Waals surface area contributed by atoms with E-state index in [2.05, 4.69) is 27.4 Å². The minimum Gasteiger partial charge on any atom is -0.681 e. The second kappa shape index (κ2) is 13.6.